The fourth-order valence-corrected chi connectivity index (χ4v) is 3.94. The molecule has 0 aliphatic carbocycles. The third-order valence-electron chi connectivity index (χ3n) is 4.41. The maximum Gasteiger partial charge on any atom is 0.262 e. The molecule has 1 fully saturated rings. The molecule has 1 aliphatic heterocycles. The number of nitrogens with zero attached hydrogens (tertiary/aromatic N) is 5. The molecule has 0 saturated carbocycles. The minimum absolute atomic E-state index is 0.0349. The summed E-state index contributed by atoms with van der Waals surface area (Å²) in [6.45, 7) is 1.45. The van der Waals surface area contributed by atoms with Gasteiger partial charge in [0.05, 0.1) is 24.3 Å². The van der Waals surface area contributed by atoms with Crippen LogP contribution in [0.5, 0.6) is 0 Å². The third kappa shape index (κ3) is 2.73. The maximum atomic E-state index is 12.7. The first-order chi connectivity index (χ1) is 11.7. The number of hydrogen-bond acceptors (Lipinski definition) is 5. The van der Waals surface area contributed by atoms with Crippen LogP contribution in [0.25, 0.3) is 10.2 Å². The van der Waals surface area contributed by atoms with Gasteiger partial charge in [0.2, 0.25) is 5.91 Å². The Morgan fingerprint density at radius 2 is 2.33 bits per heavy atom. The largest absolute Gasteiger partial charge is 0.336 e. The SMILES string of the molecule is O=C(Cn1cnc2sccc2c1=O)N1CCC[C@@H]1Cn1cccn1. The third-order valence-corrected chi connectivity index (χ3v) is 5.23. The van der Waals surface area contributed by atoms with Crippen molar-refractivity contribution in [2.75, 3.05) is 6.54 Å². The molecular formula is C16H17N5O2S. The van der Waals surface area contributed by atoms with Crippen molar-refractivity contribution in [3.8, 4) is 0 Å². The van der Waals surface area contributed by atoms with Gasteiger partial charge in [-0.05, 0) is 30.4 Å². The van der Waals surface area contributed by atoms with E-state index in [-0.39, 0.29) is 24.1 Å². The minimum atomic E-state index is -0.155. The van der Waals surface area contributed by atoms with Gasteiger partial charge in [0.15, 0.2) is 0 Å². The Morgan fingerprint density at radius 3 is 3.17 bits per heavy atom. The van der Waals surface area contributed by atoms with Crippen LogP contribution in [-0.4, -0.2) is 42.7 Å². The summed E-state index contributed by atoms with van der Waals surface area (Å²) in [5.74, 6) is -0.0388. The first-order valence-corrected chi connectivity index (χ1v) is 8.80. The van der Waals surface area contributed by atoms with Gasteiger partial charge >= 0.3 is 0 Å². The summed E-state index contributed by atoms with van der Waals surface area (Å²) in [6, 6.07) is 3.76. The number of likely N-dealkylation sites (tertiary alicyclic amines) is 1. The molecule has 124 valence electrons. The fraction of sp³-hybridized carbons (Fsp3) is 0.375. The van der Waals surface area contributed by atoms with Gasteiger partial charge in [-0.3, -0.25) is 18.8 Å². The zero-order valence-electron chi connectivity index (χ0n) is 13.0. The van der Waals surface area contributed by atoms with Crippen molar-refractivity contribution in [3.63, 3.8) is 0 Å². The standard InChI is InChI=1S/C16H17N5O2S/c22-14(10-19-11-17-15-13(16(19)23)4-8-24-15)21-7-1-3-12(21)9-20-6-2-5-18-20/h2,4-6,8,11-12H,1,3,7,9-10H2/t12-/m1/s1. The summed E-state index contributed by atoms with van der Waals surface area (Å²) in [7, 11) is 0. The number of amides is 1. The Morgan fingerprint density at radius 1 is 1.42 bits per heavy atom. The van der Waals surface area contributed by atoms with Crippen LogP contribution in [0.2, 0.25) is 0 Å². The molecule has 3 aromatic heterocycles. The van der Waals surface area contributed by atoms with Gasteiger partial charge in [-0.1, -0.05) is 0 Å². The highest BCUT2D eigenvalue weighted by Crippen LogP contribution is 2.19. The summed E-state index contributed by atoms with van der Waals surface area (Å²) < 4.78 is 3.25. The predicted molar refractivity (Wildman–Crippen MR) is 90.8 cm³/mol. The molecule has 4 heterocycles. The van der Waals surface area contributed by atoms with E-state index in [0.29, 0.717) is 16.8 Å². The lowest BCUT2D eigenvalue weighted by Crippen LogP contribution is -2.41. The zero-order valence-corrected chi connectivity index (χ0v) is 13.9. The van der Waals surface area contributed by atoms with Crippen LogP contribution in [0.3, 0.4) is 0 Å². The molecule has 3 aromatic rings. The van der Waals surface area contributed by atoms with E-state index in [2.05, 4.69) is 10.1 Å². The molecule has 1 amide bonds. The highest BCUT2D eigenvalue weighted by Gasteiger charge is 2.29. The second-order valence-corrected chi connectivity index (χ2v) is 6.82. The maximum absolute atomic E-state index is 12.7. The van der Waals surface area contributed by atoms with Crippen LogP contribution >= 0.6 is 11.3 Å². The van der Waals surface area contributed by atoms with Crippen molar-refractivity contribution >= 4 is 27.5 Å². The molecule has 0 aromatic carbocycles. The lowest BCUT2D eigenvalue weighted by molar-refractivity contribution is -0.133. The summed E-state index contributed by atoms with van der Waals surface area (Å²) in [5, 5.41) is 6.63. The van der Waals surface area contributed by atoms with Gasteiger partial charge in [0.25, 0.3) is 5.56 Å². The Kier molecular flexibility index (Phi) is 3.89. The van der Waals surface area contributed by atoms with Crippen LogP contribution in [-0.2, 0) is 17.9 Å². The van der Waals surface area contributed by atoms with E-state index >= 15 is 0 Å². The van der Waals surface area contributed by atoms with Crippen molar-refractivity contribution in [1.82, 2.24) is 24.2 Å². The van der Waals surface area contributed by atoms with E-state index in [0.717, 1.165) is 19.4 Å². The topological polar surface area (TPSA) is 73.0 Å². The Bertz CT molecular complexity index is 914. The highest BCUT2D eigenvalue weighted by atomic mass is 32.1. The normalized spacial score (nSPS) is 17.7. The van der Waals surface area contributed by atoms with Crippen LogP contribution in [0.1, 0.15) is 12.8 Å². The zero-order chi connectivity index (χ0) is 16.5. The van der Waals surface area contributed by atoms with Crippen LogP contribution in [0, 0.1) is 0 Å². The summed E-state index contributed by atoms with van der Waals surface area (Å²) in [5.41, 5.74) is -0.155. The Hall–Kier alpha value is -2.48. The predicted octanol–water partition coefficient (Wildman–Crippen LogP) is 1.35. The number of fused-ring (bicyclic) bond motifs is 1. The number of carbonyl (C=O) groups excluding carboxylic acids is 1. The molecule has 0 spiro atoms. The molecular weight excluding hydrogens is 326 g/mol. The summed E-state index contributed by atoms with van der Waals surface area (Å²) in [6.07, 6.45) is 7.05. The van der Waals surface area contributed by atoms with E-state index in [1.54, 1.807) is 12.3 Å². The summed E-state index contributed by atoms with van der Waals surface area (Å²) in [4.78, 5) is 31.9. The average molecular weight is 343 g/mol. The first kappa shape index (κ1) is 15.1. The fourth-order valence-electron chi connectivity index (χ4n) is 3.22. The van der Waals surface area contributed by atoms with Gasteiger partial charge in [0, 0.05) is 18.9 Å². The van der Waals surface area contributed by atoms with Crippen molar-refractivity contribution in [2.45, 2.75) is 32.0 Å². The van der Waals surface area contributed by atoms with Gasteiger partial charge in [-0.15, -0.1) is 11.3 Å². The quantitative estimate of drug-likeness (QED) is 0.717. The molecule has 7 nitrogen and oxygen atoms in total. The number of rotatable bonds is 4. The van der Waals surface area contributed by atoms with E-state index in [9.17, 15) is 9.59 Å². The number of thiophene rings is 1. The number of aromatic nitrogens is 4. The molecule has 0 radical (unpaired) electrons. The van der Waals surface area contributed by atoms with E-state index in [4.69, 9.17) is 0 Å². The highest BCUT2D eigenvalue weighted by molar-refractivity contribution is 7.16. The van der Waals surface area contributed by atoms with Crippen LogP contribution < -0.4 is 5.56 Å². The molecule has 4 rings (SSSR count). The Labute approximate surface area is 142 Å². The molecule has 1 saturated heterocycles. The van der Waals surface area contributed by atoms with Crippen LogP contribution in [0.15, 0.2) is 41.0 Å². The first-order valence-electron chi connectivity index (χ1n) is 7.92. The number of hydrogen-bond donors (Lipinski definition) is 0. The molecule has 24 heavy (non-hydrogen) atoms. The van der Waals surface area contributed by atoms with Gasteiger partial charge in [0.1, 0.15) is 11.4 Å². The van der Waals surface area contributed by atoms with Crippen molar-refractivity contribution in [3.05, 3.63) is 46.6 Å². The van der Waals surface area contributed by atoms with E-state index in [1.165, 1.54) is 22.2 Å². The molecule has 8 heteroatoms. The monoisotopic (exact) mass is 343 g/mol. The van der Waals surface area contributed by atoms with Crippen molar-refractivity contribution in [2.24, 2.45) is 0 Å². The molecule has 0 unspecified atom stereocenters. The molecule has 1 atom stereocenters. The average Bonchev–Trinajstić information content (AvgIpc) is 3.31. The molecule has 0 N–H and O–H groups in total. The summed E-state index contributed by atoms with van der Waals surface area (Å²) >= 11 is 1.43. The minimum Gasteiger partial charge on any atom is -0.336 e. The Balaban J connectivity index is 1.52. The van der Waals surface area contributed by atoms with E-state index in [1.807, 2.05) is 27.2 Å². The van der Waals surface area contributed by atoms with Gasteiger partial charge in [-0.25, -0.2) is 4.98 Å². The molecule has 0 bridgehead atoms. The van der Waals surface area contributed by atoms with Gasteiger partial charge in [-0.2, -0.15) is 5.10 Å². The van der Waals surface area contributed by atoms with Gasteiger partial charge < -0.3 is 4.90 Å². The van der Waals surface area contributed by atoms with Crippen molar-refractivity contribution in [1.29, 1.82) is 0 Å². The number of carbonyl (C=O) groups is 1. The second-order valence-electron chi connectivity index (χ2n) is 5.93. The lowest BCUT2D eigenvalue weighted by Gasteiger charge is -2.25. The second kappa shape index (κ2) is 6.20. The van der Waals surface area contributed by atoms with Crippen LogP contribution in [0.4, 0.5) is 0 Å². The van der Waals surface area contributed by atoms with Crippen molar-refractivity contribution < 1.29 is 4.79 Å². The molecule has 1 aliphatic rings. The smallest absolute Gasteiger partial charge is 0.262 e. The lowest BCUT2D eigenvalue weighted by atomic mass is 10.2. The van der Waals surface area contributed by atoms with E-state index < -0.39 is 0 Å².